The molecule has 25 heavy (non-hydrogen) atoms. The zero-order valence-electron chi connectivity index (χ0n) is 14.0. The quantitative estimate of drug-likeness (QED) is 0.825. The average molecular weight is 373 g/mol. The standard InChI is InChI=1S/C19H20N2O2S2/c1-24-14-4-7-18(21-12-14)17-11-19(8-9-19)10-16(17)13-2-5-15(6-3-13)25(20,22)23/h2-7,12H,8-11H2,1H3,(H2,20,22,23). The lowest BCUT2D eigenvalue weighted by Crippen LogP contribution is -2.11. The van der Waals surface area contributed by atoms with Gasteiger partial charge in [-0.1, -0.05) is 12.1 Å². The molecule has 0 bridgehead atoms. The van der Waals surface area contributed by atoms with Crippen molar-refractivity contribution in [2.24, 2.45) is 10.6 Å². The van der Waals surface area contributed by atoms with Gasteiger partial charge in [-0.05, 0) is 78.3 Å². The number of hydrogen-bond donors (Lipinski definition) is 1. The van der Waals surface area contributed by atoms with Crippen LogP contribution in [-0.4, -0.2) is 19.7 Å². The summed E-state index contributed by atoms with van der Waals surface area (Å²) in [6.07, 6.45) is 8.60. The lowest BCUT2D eigenvalue weighted by molar-refractivity contribution is 0.567. The summed E-state index contributed by atoms with van der Waals surface area (Å²) in [4.78, 5) is 5.97. The Bertz CT molecular complexity index is 942. The number of aromatic nitrogens is 1. The zero-order chi connectivity index (χ0) is 17.7. The van der Waals surface area contributed by atoms with Crippen molar-refractivity contribution < 1.29 is 8.42 Å². The number of rotatable bonds is 4. The topological polar surface area (TPSA) is 73.1 Å². The number of benzene rings is 1. The molecule has 1 fully saturated rings. The van der Waals surface area contributed by atoms with Gasteiger partial charge in [-0.3, -0.25) is 4.98 Å². The monoisotopic (exact) mass is 372 g/mol. The van der Waals surface area contributed by atoms with Crippen LogP contribution in [0.15, 0.2) is 52.4 Å². The van der Waals surface area contributed by atoms with Gasteiger partial charge in [0.15, 0.2) is 0 Å². The van der Waals surface area contributed by atoms with Crippen molar-refractivity contribution in [3.63, 3.8) is 0 Å². The Balaban J connectivity index is 1.75. The molecule has 130 valence electrons. The van der Waals surface area contributed by atoms with Crippen LogP contribution in [0.2, 0.25) is 0 Å². The molecule has 0 atom stereocenters. The first kappa shape index (κ1) is 16.8. The van der Waals surface area contributed by atoms with Gasteiger partial charge in [-0.2, -0.15) is 0 Å². The van der Waals surface area contributed by atoms with E-state index in [9.17, 15) is 8.42 Å². The number of hydrogen-bond acceptors (Lipinski definition) is 4. The zero-order valence-corrected chi connectivity index (χ0v) is 15.7. The molecule has 1 aromatic carbocycles. The second-order valence-electron chi connectivity index (χ2n) is 6.96. The molecule has 2 N–H and O–H groups in total. The van der Waals surface area contributed by atoms with Crippen LogP contribution in [0.5, 0.6) is 0 Å². The summed E-state index contributed by atoms with van der Waals surface area (Å²) in [7, 11) is -3.66. The highest BCUT2D eigenvalue weighted by Crippen LogP contribution is 2.63. The van der Waals surface area contributed by atoms with Gasteiger partial charge in [0.05, 0.1) is 10.6 Å². The largest absolute Gasteiger partial charge is 0.255 e. The number of allylic oxidation sites excluding steroid dienone is 2. The third-order valence-corrected chi connectivity index (χ3v) is 6.88. The molecule has 4 rings (SSSR count). The van der Waals surface area contributed by atoms with E-state index >= 15 is 0 Å². The third-order valence-electron chi connectivity index (χ3n) is 5.24. The summed E-state index contributed by atoms with van der Waals surface area (Å²) in [6, 6.07) is 11.1. The third kappa shape index (κ3) is 3.26. The molecular weight excluding hydrogens is 352 g/mol. The van der Waals surface area contributed by atoms with Gasteiger partial charge >= 0.3 is 0 Å². The fourth-order valence-corrected chi connectivity index (χ4v) is 4.48. The van der Waals surface area contributed by atoms with Crippen molar-refractivity contribution in [3.8, 4) is 0 Å². The van der Waals surface area contributed by atoms with Crippen LogP contribution < -0.4 is 5.14 Å². The van der Waals surface area contributed by atoms with Gasteiger partial charge in [0.2, 0.25) is 10.0 Å². The smallest absolute Gasteiger partial charge is 0.238 e. The van der Waals surface area contributed by atoms with Gasteiger partial charge < -0.3 is 0 Å². The van der Waals surface area contributed by atoms with E-state index < -0.39 is 10.0 Å². The van der Waals surface area contributed by atoms with E-state index in [2.05, 4.69) is 17.1 Å². The van der Waals surface area contributed by atoms with E-state index in [0.717, 1.165) is 29.0 Å². The number of nitrogens with two attached hydrogens (primary N) is 1. The molecule has 1 spiro atoms. The van der Waals surface area contributed by atoms with Crippen molar-refractivity contribution in [1.82, 2.24) is 4.98 Å². The second-order valence-corrected chi connectivity index (χ2v) is 9.40. The maximum absolute atomic E-state index is 11.5. The van der Waals surface area contributed by atoms with Crippen LogP contribution in [0.1, 0.15) is 36.9 Å². The maximum Gasteiger partial charge on any atom is 0.238 e. The van der Waals surface area contributed by atoms with Crippen LogP contribution in [0, 0.1) is 5.41 Å². The molecule has 1 heterocycles. The first-order chi connectivity index (χ1) is 11.9. The molecule has 2 aliphatic rings. The van der Waals surface area contributed by atoms with Crippen molar-refractivity contribution in [2.75, 3.05) is 6.26 Å². The lowest BCUT2D eigenvalue weighted by Gasteiger charge is -2.09. The van der Waals surface area contributed by atoms with E-state index in [4.69, 9.17) is 5.14 Å². The predicted octanol–water partition coefficient (Wildman–Crippen LogP) is 3.94. The summed E-state index contributed by atoms with van der Waals surface area (Å²) >= 11 is 1.69. The van der Waals surface area contributed by atoms with Gasteiger partial charge in [0, 0.05) is 11.1 Å². The Morgan fingerprint density at radius 1 is 1.04 bits per heavy atom. The molecule has 1 aromatic heterocycles. The van der Waals surface area contributed by atoms with Gasteiger partial charge in [-0.15, -0.1) is 11.8 Å². The minimum absolute atomic E-state index is 0.153. The van der Waals surface area contributed by atoms with E-state index in [0.29, 0.717) is 5.41 Å². The molecule has 4 nitrogen and oxygen atoms in total. The SMILES string of the molecule is CSc1ccc(C2=C(c3ccc(S(N)(=O)=O)cc3)CC3(CC3)C2)nc1. The molecule has 0 aliphatic heterocycles. The first-order valence-corrected chi connectivity index (χ1v) is 11.0. The molecular formula is C19H20N2O2S2. The summed E-state index contributed by atoms with van der Waals surface area (Å²) in [6.45, 7) is 0. The average Bonchev–Trinajstić information content (AvgIpc) is 3.25. The number of pyridine rings is 1. The van der Waals surface area contributed by atoms with Crippen LogP contribution in [0.3, 0.4) is 0 Å². The molecule has 1 saturated carbocycles. The van der Waals surface area contributed by atoms with Crippen LogP contribution in [-0.2, 0) is 10.0 Å². The highest BCUT2D eigenvalue weighted by molar-refractivity contribution is 7.98. The summed E-state index contributed by atoms with van der Waals surface area (Å²) < 4.78 is 23.0. The number of primary sulfonamides is 1. The van der Waals surface area contributed by atoms with Gasteiger partial charge in [-0.25, -0.2) is 13.6 Å². The normalized spacial score (nSPS) is 18.8. The molecule has 0 unspecified atom stereocenters. The molecule has 2 aliphatic carbocycles. The van der Waals surface area contributed by atoms with E-state index in [1.54, 1.807) is 23.9 Å². The fraction of sp³-hybridized carbons (Fsp3) is 0.316. The number of sulfonamides is 1. The minimum Gasteiger partial charge on any atom is -0.255 e. The van der Waals surface area contributed by atoms with Crippen molar-refractivity contribution >= 4 is 32.9 Å². The van der Waals surface area contributed by atoms with E-state index in [1.807, 2.05) is 24.6 Å². The Kier molecular flexibility index (Phi) is 4.02. The minimum atomic E-state index is -3.66. The molecule has 2 aromatic rings. The second kappa shape index (κ2) is 5.97. The Hall–Kier alpha value is -1.63. The molecule has 0 radical (unpaired) electrons. The Labute approximate surface area is 152 Å². The molecule has 6 heteroatoms. The maximum atomic E-state index is 11.5. The van der Waals surface area contributed by atoms with Crippen molar-refractivity contribution in [3.05, 3.63) is 53.9 Å². The highest BCUT2D eigenvalue weighted by Gasteiger charge is 2.48. The predicted molar refractivity (Wildman–Crippen MR) is 102 cm³/mol. The van der Waals surface area contributed by atoms with E-state index in [1.165, 1.54) is 24.0 Å². The first-order valence-electron chi connectivity index (χ1n) is 8.26. The number of thioether (sulfide) groups is 1. The summed E-state index contributed by atoms with van der Waals surface area (Å²) in [5.41, 5.74) is 5.11. The van der Waals surface area contributed by atoms with Gasteiger partial charge in [0.25, 0.3) is 0 Å². The van der Waals surface area contributed by atoms with Crippen LogP contribution in [0.25, 0.3) is 11.1 Å². The van der Waals surface area contributed by atoms with Crippen molar-refractivity contribution in [1.29, 1.82) is 0 Å². The molecule has 0 saturated heterocycles. The van der Waals surface area contributed by atoms with Crippen molar-refractivity contribution in [2.45, 2.75) is 35.5 Å². The fourth-order valence-electron chi connectivity index (χ4n) is 3.60. The van der Waals surface area contributed by atoms with Gasteiger partial charge in [0.1, 0.15) is 0 Å². The summed E-state index contributed by atoms with van der Waals surface area (Å²) in [5, 5.41) is 5.21. The van der Waals surface area contributed by atoms with E-state index in [-0.39, 0.29) is 4.90 Å². The lowest BCUT2D eigenvalue weighted by atomic mass is 9.99. The van der Waals surface area contributed by atoms with Crippen LogP contribution in [0.4, 0.5) is 0 Å². The highest BCUT2D eigenvalue weighted by atomic mass is 32.2. The molecule has 0 amide bonds. The Morgan fingerprint density at radius 3 is 2.24 bits per heavy atom. The van der Waals surface area contributed by atoms with Crippen LogP contribution >= 0.6 is 11.8 Å². The number of nitrogens with zero attached hydrogens (tertiary/aromatic N) is 1. The summed E-state index contributed by atoms with van der Waals surface area (Å²) in [5.74, 6) is 0. The Morgan fingerprint density at radius 2 is 1.72 bits per heavy atom.